The van der Waals surface area contributed by atoms with Gasteiger partial charge in [0.05, 0.1) is 17.4 Å². The molecule has 0 radical (unpaired) electrons. The van der Waals surface area contributed by atoms with Crippen molar-refractivity contribution >= 4 is 11.8 Å². The molecule has 9 nitrogen and oxygen atoms in total. The van der Waals surface area contributed by atoms with Crippen molar-refractivity contribution in [1.82, 2.24) is 24.7 Å². The standard InChI is InChI=1S/C28H28F2N6O3/c1-4-35-16-23(26(39-35)18-10-12-21(29)22(30)14-18)31-28(38)32-27-17(2)25(19-11-13-24(37)34(3)15-19)33-36(27)20-8-6-5-7-9-20/h5-15,23,26H,4,16H2,1-3H3,(H2,31,32,38)/t23-,26+/m1/s1. The van der Waals surface area contributed by atoms with Crippen LogP contribution < -0.4 is 16.2 Å². The van der Waals surface area contributed by atoms with Gasteiger partial charge in [-0.15, -0.1) is 0 Å². The molecule has 5 rings (SSSR count). The van der Waals surface area contributed by atoms with Crippen LogP contribution in [0.15, 0.2) is 71.7 Å². The number of nitrogens with one attached hydrogen (secondary N) is 2. The van der Waals surface area contributed by atoms with Crippen LogP contribution in [-0.4, -0.2) is 44.6 Å². The zero-order chi connectivity index (χ0) is 27.7. The number of pyridine rings is 1. The molecule has 202 valence electrons. The molecule has 0 aliphatic carbocycles. The van der Waals surface area contributed by atoms with Gasteiger partial charge in [-0.2, -0.15) is 10.2 Å². The predicted octanol–water partition coefficient (Wildman–Crippen LogP) is 4.32. The van der Waals surface area contributed by atoms with E-state index >= 15 is 0 Å². The highest BCUT2D eigenvalue weighted by Gasteiger charge is 2.36. The van der Waals surface area contributed by atoms with Gasteiger partial charge in [0.25, 0.3) is 0 Å². The van der Waals surface area contributed by atoms with Gasteiger partial charge in [-0.3, -0.25) is 14.9 Å². The quantitative estimate of drug-likeness (QED) is 0.384. The minimum atomic E-state index is -0.984. The summed E-state index contributed by atoms with van der Waals surface area (Å²) in [5.74, 6) is -1.49. The predicted molar refractivity (Wildman–Crippen MR) is 142 cm³/mol. The largest absolute Gasteiger partial charge is 0.331 e. The maximum Gasteiger partial charge on any atom is 0.320 e. The molecule has 0 unspecified atom stereocenters. The van der Waals surface area contributed by atoms with E-state index in [2.05, 4.69) is 10.6 Å². The number of aromatic nitrogens is 3. The van der Waals surface area contributed by atoms with Gasteiger partial charge in [-0.1, -0.05) is 31.2 Å². The van der Waals surface area contributed by atoms with Crippen LogP contribution >= 0.6 is 0 Å². The summed E-state index contributed by atoms with van der Waals surface area (Å²) in [6, 6.07) is 15.0. The van der Waals surface area contributed by atoms with E-state index in [0.29, 0.717) is 41.3 Å². The lowest BCUT2D eigenvalue weighted by molar-refractivity contribution is -0.144. The molecule has 1 saturated heterocycles. The first kappa shape index (κ1) is 26.3. The van der Waals surface area contributed by atoms with Gasteiger partial charge in [0.2, 0.25) is 5.56 Å². The smallest absolute Gasteiger partial charge is 0.320 e. The van der Waals surface area contributed by atoms with Gasteiger partial charge in [0.15, 0.2) is 11.6 Å². The lowest BCUT2D eigenvalue weighted by Crippen LogP contribution is -2.42. The molecule has 11 heteroatoms. The molecule has 39 heavy (non-hydrogen) atoms. The fourth-order valence-corrected chi connectivity index (χ4v) is 4.62. The number of hydroxylamine groups is 2. The molecule has 0 saturated carbocycles. The highest BCUT2D eigenvalue weighted by atomic mass is 19.2. The molecule has 0 spiro atoms. The zero-order valence-corrected chi connectivity index (χ0v) is 21.7. The van der Waals surface area contributed by atoms with Gasteiger partial charge in [0, 0.05) is 43.5 Å². The highest BCUT2D eigenvalue weighted by Crippen LogP contribution is 2.32. The maximum atomic E-state index is 14.0. The Morgan fingerprint density at radius 1 is 1.10 bits per heavy atom. The van der Waals surface area contributed by atoms with Crippen LogP contribution in [0.3, 0.4) is 0 Å². The SMILES string of the molecule is CCN1C[C@@H](NC(=O)Nc2c(C)c(-c3ccc(=O)n(C)c3)nn2-c2ccccc2)[C@H](c2ccc(F)c(F)c2)O1. The minimum Gasteiger partial charge on any atom is -0.331 e. The van der Waals surface area contributed by atoms with Crippen LogP contribution in [0.1, 0.15) is 24.2 Å². The lowest BCUT2D eigenvalue weighted by atomic mass is 10.0. The van der Waals surface area contributed by atoms with Crippen molar-refractivity contribution in [2.75, 3.05) is 18.4 Å². The first-order chi connectivity index (χ1) is 18.7. The molecule has 1 aliphatic heterocycles. The summed E-state index contributed by atoms with van der Waals surface area (Å²) in [6.45, 7) is 4.63. The van der Waals surface area contributed by atoms with E-state index in [1.54, 1.807) is 29.1 Å². The highest BCUT2D eigenvalue weighted by molar-refractivity contribution is 5.91. The van der Waals surface area contributed by atoms with Gasteiger partial charge < -0.3 is 9.88 Å². The molecule has 2 atom stereocenters. The van der Waals surface area contributed by atoms with E-state index in [4.69, 9.17) is 9.94 Å². The van der Waals surface area contributed by atoms with Crippen LogP contribution in [0.5, 0.6) is 0 Å². The van der Waals surface area contributed by atoms with Crippen molar-refractivity contribution in [3.63, 3.8) is 0 Å². The molecule has 0 bridgehead atoms. The summed E-state index contributed by atoms with van der Waals surface area (Å²) >= 11 is 0. The number of urea groups is 1. The molecule has 1 aliphatic rings. The number of para-hydroxylation sites is 1. The Bertz CT molecular complexity index is 1570. The minimum absolute atomic E-state index is 0.146. The summed E-state index contributed by atoms with van der Waals surface area (Å²) in [7, 11) is 1.66. The number of anilines is 1. The van der Waals surface area contributed by atoms with Crippen molar-refractivity contribution in [2.45, 2.75) is 26.0 Å². The van der Waals surface area contributed by atoms with Crippen molar-refractivity contribution in [1.29, 1.82) is 0 Å². The monoisotopic (exact) mass is 534 g/mol. The Hall–Kier alpha value is -4.35. The van der Waals surface area contributed by atoms with Gasteiger partial charge in [-0.25, -0.2) is 18.3 Å². The van der Waals surface area contributed by atoms with E-state index in [1.807, 2.05) is 44.2 Å². The van der Waals surface area contributed by atoms with E-state index in [0.717, 1.165) is 17.8 Å². The van der Waals surface area contributed by atoms with Gasteiger partial charge in [0.1, 0.15) is 11.9 Å². The van der Waals surface area contributed by atoms with Gasteiger partial charge >= 0.3 is 6.03 Å². The average molecular weight is 535 g/mol. The fourth-order valence-electron chi connectivity index (χ4n) is 4.62. The van der Waals surface area contributed by atoms with Crippen LogP contribution in [0.2, 0.25) is 0 Å². The van der Waals surface area contributed by atoms with E-state index in [-0.39, 0.29) is 5.56 Å². The van der Waals surface area contributed by atoms with Crippen molar-refractivity contribution in [3.8, 4) is 16.9 Å². The molecule has 2 aromatic heterocycles. The normalized spacial score (nSPS) is 17.4. The number of halogens is 2. The number of carbonyl (C=O) groups is 1. The molecular formula is C28H28F2N6O3. The maximum absolute atomic E-state index is 14.0. The molecular weight excluding hydrogens is 506 g/mol. The third-order valence-electron chi connectivity index (χ3n) is 6.68. The molecule has 1 fully saturated rings. The number of carbonyl (C=O) groups excluding carboxylic acids is 1. The zero-order valence-electron chi connectivity index (χ0n) is 21.7. The summed E-state index contributed by atoms with van der Waals surface area (Å²) in [6.07, 6.45) is 0.991. The molecule has 3 heterocycles. The number of benzene rings is 2. The third-order valence-corrected chi connectivity index (χ3v) is 6.68. The first-order valence-corrected chi connectivity index (χ1v) is 12.5. The van der Waals surface area contributed by atoms with Gasteiger partial charge in [-0.05, 0) is 42.8 Å². The second-order valence-electron chi connectivity index (χ2n) is 9.32. The van der Waals surface area contributed by atoms with Crippen molar-refractivity contribution in [3.05, 3.63) is 100.0 Å². The van der Waals surface area contributed by atoms with E-state index in [9.17, 15) is 18.4 Å². The third kappa shape index (κ3) is 5.31. The topological polar surface area (TPSA) is 93.4 Å². The average Bonchev–Trinajstić information content (AvgIpc) is 3.48. The van der Waals surface area contributed by atoms with Crippen LogP contribution in [-0.2, 0) is 11.9 Å². The molecule has 2 N–H and O–H groups in total. The van der Waals surface area contributed by atoms with Crippen LogP contribution in [0.4, 0.5) is 19.4 Å². The first-order valence-electron chi connectivity index (χ1n) is 12.5. The second-order valence-corrected chi connectivity index (χ2v) is 9.32. The number of nitrogens with zero attached hydrogens (tertiary/aromatic N) is 4. The Morgan fingerprint density at radius 2 is 1.87 bits per heavy atom. The number of amides is 2. The van der Waals surface area contributed by atoms with Crippen molar-refractivity contribution < 1.29 is 18.4 Å². The molecule has 2 amide bonds. The summed E-state index contributed by atoms with van der Waals surface area (Å²) in [4.78, 5) is 31.2. The number of rotatable bonds is 6. The Kier molecular flexibility index (Phi) is 7.27. The van der Waals surface area contributed by atoms with Crippen molar-refractivity contribution in [2.24, 2.45) is 7.05 Å². The summed E-state index contributed by atoms with van der Waals surface area (Å²) in [5.41, 5.74) is 3.01. The Morgan fingerprint density at radius 3 is 2.56 bits per heavy atom. The van der Waals surface area contributed by atoms with Crippen LogP contribution in [0.25, 0.3) is 16.9 Å². The second kappa shape index (κ2) is 10.8. The summed E-state index contributed by atoms with van der Waals surface area (Å²) in [5, 5.41) is 12.3. The Labute approximate surface area is 223 Å². The van der Waals surface area contributed by atoms with E-state index < -0.39 is 29.8 Å². The molecule has 2 aromatic carbocycles. The Balaban J connectivity index is 1.45. The van der Waals surface area contributed by atoms with E-state index in [1.165, 1.54) is 16.7 Å². The number of hydrogen-bond donors (Lipinski definition) is 2. The summed E-state index contributed by atoms with van der Waals surface area (Å²) < 4.78 is 30.6. The number of hydrogen-bond acceptors (Lipinski definition) is 5. The number of aryl methyl sites for hydroxylation is 1. The lowest BCUT2D eigenvalue weighted by Gasteiger charge is -2.20. The van der Waals surface area contributed by atoms with Crippen LogP contribution in [0, 0.1) is 18.6 Å². The number of likely N-dealkylation sites (N-methyl/N-ethyl adjacent to an activating group) is 1. The fraction of sp³-hybridized carbons (Fsp3) is 0.250. The molecule has 4 aromatic rings.